The van der Waals surface area contributed by atoms with Gasteiger partial charge in [0, 0.05) is 19.8 Å². The van der Waals surface area contributed by atoms with E-state index in [9.17, 15) is 9.18 Å². The van der Waals surface area contributed by atoms with Gasteiger partial charge in [0.25, 0.3) is 0 Å². The number of hydrogen-bond donors (Lipinski definition) is 0. The average molecular weight is 302 g/mol. The smallest absolute Gasteiger partial charge is 0.341 e. The maximum Gasteiger partial charge on any atom is 0.341 e. The lowest BCUT2D eigenvalue weighted by Crippen LogP contribution is -2.21. The highest BCUT2D eigenvalue weighted by Gasteiger charge is 2.16. The summed E-state index contributed by atoms with van der Waals surface area (Å²) in [5.74, 6) is -0.132. The molecule has 0 spiro atoms. The standard InChI is InChI=1S/C17H19FN2O2/c1-4-22-17(21)14-6-5-9-19-16(14)20(3)11-13-8-7-12(2)15(18)10-13/h5-10H,4,11H2,1-3H3. The predicted molar refractivity (Wildman–Crippen MR) is 83.4 cm³/mol. The molecule has 0 saturated carbocycles. The molecule has 0 aliphatic rings. The first kappa shape index (κ1) is 15.9. The van der Waals surface area contributed by atoms with Crippen molar-refractivity contribution in [3.05, 3.63) is 59.0 Å². The molecule has 4 nitrogen and oxygen atoms in total. The number of aromatic nitrogens is 1. The van der Waals surface area contributed by atoms with E-state index < -0.39 is 5.97 Å². The zero-order valence-corrected chi connectivity index (χ0v) is 13.0. The molecule has 5 heteroatoms. The molecule has 2 aromatic rings. The second-order valence-electron chi connectivity index (χ2n) is 5.03. The van der Waals surface area contributed by atoms with Crippen molar-refractivity contribution in [3.63, 3.8) is 0 Å². The molecule has 0 radical (unpaired) electrons. The molecule has 0 bridgehead atoms. The van der Waals surface area contributed by atoms with Crippen molar-refractivity contribution in [2.24, 2.45) is 0 Å². The molecule has 22 heavy (non-hydrogen) atoms. The maximum atomic E-state index is 13.6. The number of hydrogen-bond acceptors (Lipinski definition) is 4. The number of benzene rings is 1. The van der Waals surface area contributed by atoms with Gasteiger partial charge in [0.15, 0.2) is 0 Å². The Balaban J connectivity index is 2.23. The highest BCUT2D eigenvalue weighted by molar-refractivity contribution is 5.94. The molecule has 1 aromatic heterocycles. The molecule has 0 amide bonds. The van der Waals surface area contributed by atoms with Gasteiger partial charge in [0.1, 0.15) is 17.2 Å². The first-order valence-electron chi connectivity index (χ1n) is 7.11. The number of rotatable bonds is 5. The van der Waals surface area contributed by atoms with Crippen LogP contribution in [-0.4, -0.2) is 24.6 Å². The third-order valence-corrected chi connectivity index (χ3v) is 3.30. The fraction of sp³-hybridized carbons (Fsp3) is 0.294. The van der Waals surface area contributed by atoms with Crippen LogP contribution >= 0.6 is 0 Å². The molecule has 116 valence electrons. The second-order valence-corrected chi connectivity index (χ2v) is 5.03. The summed E-state index contributed by atoms with van der Waals surface area (Å²) in [5, 5.41) is 0. The van der Waals surface area contributed by atoms with Crippen molar-refractivity contribution in [2.75, 3.05) is 18.6 Å². The molecule has 1 heterocycles. The van der Waals surface area contributed by atoms with E-state index in [-0.39, 0.29) is 5.82 Å². The molecule has 0 atom stereocenters. The minimum Gasteiger partial charge on any atom is -0.462 e. The van der Waals surface area contributed by atoms with Crippen LogP contribution in [0.2, 0.25) is 0 Å². The summed E-state index contributed by atoms with van der Waals surface area (Å²) in [5.41, 5.74) is 1.82. The summed E-state index contributed by atoms with van der Waals surface area (Å²) in [6.45, 7) is 4.23. The lowest BCUT2D eigenvalue weighted by molar-refractivity contribution is 0.0526. The highest BCUT2D eigenvalue weighted by Crippen LogP contribution is 2.20. The van der Waals surface area contributed by atoms with E-state index in [0.717, 1.165) is 5.56 Å². The Morgan fingerprint density at radius 1 is 1.36 bits per heavy atom. The van der Waals surface area contributed by atoms with Gasteiger partial charge in [0.2, 0.25) is 0 Å². The fourth-order valence-corrected chi connectivity index (χ4v) is 2.15. The van der Waals surface area contributed by atoms with E-state index in [1.807, 2.05) is 13.1 Å². The van der Waals surface area contributed by atoms with E-state index in [1.165, 1.54) is 6.07 Å². The quantitative estimate of drug-likeness (QED) is 0.794. The van der Waals surface area contributed by atoms with Gasteiger partial charge >= 0.3 is 5.97 Å². The third kappa shape index (κ3) is 3.61. The van der Waals surface area contributed by atoms with E-state index in [4.69, 9.17) is 4.74 Å². The minimum absolute atomic E-state index is 0.238. The van der Waals surface area contributed by atoms with Crippen LogP contribution in [-0.2, 0) is 11.3 Å². The number of carbonyl (C=O) groups excluding carboxylic acids is 1. The van der Waals surface area contributed by atoms with Crippen LogP contribution in [0.5, 0.6) is 0 Å². The Hall–Kier alpha value is -2.43. The maximum absolute atomic E-state index is 13.6. The zero-order chi connectivity index (χ0) is 16.1. The van der Waals surface area contributed by atoms with E-state index in [1.54, 1.807) is 43.1 Å². The van der Waals surface area contributed by atoms with E-state index in [0.29, 0.717) is 30.1 Å². The Morgan fingerprint density at radius 2 is 2.14 bits per heavy atom. The SMILES string of the molecule is CCOC(=O)c1cccnc1N(C)Cc1ccc(C)c(F)c1. The number of esters is 1. The van der Waals surface area contributed by atoms with Crippen molar-refractivity contribution in [1.29, 1.82) is 0 Å². The number of carbonyl (C=O) groups is 1. The molecule has 2 rings (SSSR count). The molecular weight excluding hydrogens is 283 g/mol. The van der Waals surface area contributed by atoms with Crippen molar-refractivity contribution >= 4 is 11.8 Å². The summed E-state index contributed by atoms with van der Waals surface area (Å²) in [6.07, 6.45) is 1.62. The highest BCUT2D eigenvalue weighted by atomic mass is 19.1. The van der Waals surface area contributed by atoms with Crippen LogP contribution in [0.25, 0.3) is 0 Å². The summed E-state index contributed by atoms with van der Waals surface area (Å²) in [6, 6.07) is 8.46. The number of nitrogens with zero attached hydrogens (tertiary/aromatic N) is 2. The summed E-state index contributed by atoms with van der Waals surface area (Å²) >= 11 is 0. The minimum atomic E-state index is -0.410. The lowest BCUT2D eigenvalue weighted by Gasteiger charge is -2.20. The van der Waals surface area contributed by atoms with Gasteiger partial charge in [-0.05, 0) is 43.2 Å². The normalized spacial score (nSPS) is 10.4. The molecular formula is C17H19FN2O2. The van der Waals surface area contributed by atoms with Gasteiger partial charge in [-0.3, -0.25) is 0 Å². The van der Waals surface area contributed by atoms with Gasteiger partial charge in [-0.2, -0.15) is 0 Å². The van der Waals surface area contributed by atoms with E-state index in [2.05, 4.69) is 4.98 Å². The van der Waals surface area contributed by atoms with Gasteiger partial charge < -0.3 is 9.64 Å². The average Bonchev–Trinajstić information content (AvgIpc) is 2.51. The molecule has 1 aromatic carbocycles. The number of anilines is 1. The van der Waals surface area contributed by atoms with Crippen LogP contribution in [0.3, 0.4) is 0 Å². The van der Waals surface area contributed by atoms with Crippen LogP contribution in [0, 0.1) is 12.7 Å². The monoisotopic (exact) mass is 302 g/mol. The van der Waals surface area contributed by atoms with E-state index >= 15 is 0 Å². The first-order chi connectivity index (χ1) is 10.5. The predicted octanol–water partition coefficient (Wildman–Crippen LogP) is 3.34. The number of ether oxygens (including phenoxy) is 1. The Kier molecular flexibility index (Phi) is 5.09. The zero-order valence-electron chi connectivity index (χ0n) is 13.0. The fourth-order valence-electron chi connectivity index (χ4n) is 2.15. The van der Waals surface area contributed by atoms with Crippen LogP contribution in [0.1, 0.15) is 28.4 Å². The number of halogens is 1. The molecule has 0 aliphatic heterocycles. The second kappa shape index (κ2) is 7.02. The van der Waals surface area contributed by atoms with Crippen LogP contribution in [0.15, 0.2) is 36.5 Å². The van der Waals surface area contributed by atoms with Gasteiger partial charge in [-0.15, -0.1) is 0 Å². The topological polar surface area (TPSA) is 42.4 Å². The Bertz CT molecular complexity index is 673. The summed E-state index contributed by atoms with van der Waals surface area (Å²) < 4.78 is 18.7. The van der Waals surface area contributed by atoms with Crippen molar-refractivity contribution in [3.8, 4) is 0 Å². The molecule has 0 aliphatic carbocycles. The molecule has 0 N–H and O–H groups in total. The molecule has 0 saturated heterocycles. The first-order valence-corrected chi connectivity index (χ1v) is 7.11. The Morgan fingerprint density at radius 3 is 2.82 bits per heavy atom. The van der Waals surface area contributed by atoms with Gasteiger partial charge in [0.05, 0.1) is 6.61 Å². The largest absolute Gasteiger partial charge is 0.462 e. The molecule has 0 fully saturated rings. The lowest BCUT2D eigenvalue weighted by atomic mass is 10.1. The van der Waals surface area contributed by atoms with Crippen LogP contribution < -0.4 is 4.90 Å². The third-order valence-electron chi connectivity index (χ3n) is 3.30. The van der Waals surface area contributed by atoms with Crippen molar-refractivity contribution < 1.29 is 13.9 Å². The number of aryl methyl sites for hydroxylation is 1. The van der Waals surface area contributed by atoms with Gasteiger partial charge in [-0.25, -0.2) is 14.2 Å². The van der Waals surface area contributed by atoms with Crippen molar-refractivity contribution in [2.45, 2.75) is 20.4 Å². The van der Waals surface area contributed by atoms with Crippen molar-refractivity contribution in [1.82, 2.24) is 4.98 Å². The number of pyridine rings is 1. The molecule has 0 unspecified atom stereocenters. The van der Waals surface area contributed by atoms with Gasteiger partial charge in [-0.1, -0.05) is 12.1 Å². The summed E-state index contributed by atoms with van der Waals surface area (Å²) in [4.78, 5) is 18.0. The summed E-state index contributed by atoms with van der Waals surface area (Å²) in [7, 11) is 1.81. The Labute approximate surface area is 129 Å². The van der Waals surface area contributed by atoms with Crippen LogP contribution in [0.4, 0.5) is 10.2 Å².